The van der Waals surface area contributed by atoms with E-state index in [2.05, 4.69) is 15.0 Å². The number of fused-ring (bicyclic) bond motifs is 1. The third-order valence-corrected chi connectivity index (χ3v) is 4.58. The van der Waals surface area contributed by atoms with E-state index in [0.29, 0.717) is 40.0 Å². The number of pyridine rings is 2. The molecule has 0 spiro atoms. The number of amides is 1. The van der Waals surface area contributed by atoms with Crippen molar-refractivity contribution in [1.29, 1.82) is 0 Å². The monoisotopic (exact) mass is 422 g/mol. The molecule has 0 aliphatic carbocycles. The Hall–Kier alpha value is -4.27. The standard InChI is InChI=1S/C22H13F3N4O2/c23-16-6-11(1-3-14(16)21(31)19-7-17(24)18(25)10-27-19)13-5-15-12(2-4-20(26)30)8-28-22(15)29-9-13/h1-10H,(H2,26,30)(H,28,29)/b4-2+. The number of halogens is 3. The van der Waals surface area contributed by atoms with E-state index in [0.717, 1.165) is 6.07 Å². The van der Waals surface area contributed by atoms with Gasteiger partial charge in [-0.2, -0.15) is 0 Å². The lowest BCUT2D eigenvalue weighted by molar-refractivity contribution is -0.113. The molecule has 3 aromatic heterocycles. The number of H-pyrrole nitrogens is 1. The number of hydrogen-bond acceptors (Lipinski definition) is 4. The molecule has 0 fully saturated rings. The molecule has 1 amide bonds. The highest BCUT2D eigenvalue weighted by Gasteiger charge is 2.18. The second-order valence-electron chi connectivity index (χ2n) is 6.61. The molecule has 0 radical (unpaired) electrons. The molecule has 0 bridgehead atoms. The van der Waals surface area contributed by atoms with Crippen molar-refractivity contribution in [3.63, 3.8) is 0 Å². The van der Waals surface area contributed by atoms with Crippen LogP contribution in [0.5, 0.6) is 0 Å². The number of ketones is 1. The van der Waals surface area contributed by atoms with E-state index in [1.165, 1.54) is 30.5 Å². The normalized spacial score (nSPS) is 11.3. The molecule has 3 N–H and O–H groups in total. The van der Waals surface area contributed by atoms with Gasteiger partial charge in [-0.15, -0.1) is 0 Å². The van der Waals surface area contributed by atoms with E-state index in [-0.39, 0.29) is 5.56 Å². The number of aromatic nitrogens is 3. The van der Waals surface area contributed by atoms with Crippen molar-refractivity contribution < 1.29 is 22.8 Å². The van der Waals surface area contributed by atoms with E-state index in [1.54, 1.807) is 12.3 Å². The number of nitrogens with one attached hydrogen (secondary N) is 1. The van der Waals surface area contributed by atoms with Crippen LogP contribution in [-0.4, -0.2) is 26.6 Å². The van der Waals surface area contributed by atoms with Crippen LogP contribution in [0, 0.1) is 17.5 Å². The molecule has 4 rings (SSSR count). The summed E-state index contributed by atoms with van der Waals surface area (Å²) in [6, 6.07) is 6.25. The zero-order chi connectivity index (χ0) is 22.1. The fraction of sp³-hybridized carbons (Fsp3) is 0. The molecule has 6 nitrogen and oxygen atoms in total. The van der Waals surface area contributed by atoms with Crippen LogP contribution in [0.15, 0.2) is 55.0 Å². The van der Waals surface area contributed by atoms with Crippen molar-refractivity contribution >= 4 is 28.8 Å². The van der Waals surface area contributed by atoms with E-state index in [9.17, 15) is 22.8 Å². The van der Waals surface area contributed by atoms with E-state index in [1.807, 2.05) is 0 Å². The first-order valence-corrected chi connectivity index (χ1v) is 8.94. The van der Waals surface area contributed by atoms with Gasteiger partial charge in [-0.1, -0.05) is 6.07 Å². The average Bonchev–Trinajstić information content (AvgIpc) is 3.16. The van der Waals surface area contributed by atoms with Gasteiger partial charge in [0.1, 0.15) is 17.2 Å². The summed E-state index contributed by atoms with van der Waals surface area (Å²) in [5.74, 6) is -4.78. The van der Waals surface area contributed by atoms with Gasteiger partial charge in [-0.25, -0.2) is 23.1 Å². The van der Waals surface area contributed by atoms with Crippen LogP contribution in [-0.2, 0) is 4.79 Å². The number of rotatable bonds is 5. The number of hydrogen-bond donors (Lipinski definition) is 2. The first-order chi connectivity index (χ1) is 14.8. The number of aromatic amines is 1. The van der Waals surface area contributed by atoms with E-state index in [4.69, 9.17) is 5.73 Å². The fourth-order valence-electron chi connectivity index (χ4n) is 3.05. The molecule has 3 heterocycles. The van der Waals surface area contributed by atoms with Gasteiger partial charge in [0, 0.05) is 41.0 Å². The minimum Gasteiger partial charge on any atom is -0.366 e. The smallest absolute Gasteiger partial charge is 0.241 e. The quantitative estimate of drug-likeness (QED) is 0.378. The predicted octanol–water partition coefficient (Wildman–Crippen LogP) is 3.77. The molecule has 9 heteroatoms. The van der Waals surface area contributed by atoms with Crippen molar-refractivity contribution in [1.82, 2.24) is 15.0 Å². The Morgan fingerprint density at radius 1 is 0.935 bits per heavy atom. The number of carbonyl (C=O) groups is 2. The summed E-state index contributed by atoms with van der Waals surface area (Å²) in [7, 11) is 0. The number of nitrogens with two attached hydrogens (primary N) is 1. The molecule has 0 saturated heterocycles. The highest BCUT2D eigenvalue weighted by Crippen LogP contribution is 2.27. The number of carbonyl (C=O) groups excluding carboxylic acids is 2. The Bertz CT molecular complexity index is 1380. The van der Waals surface area contributed by atoms with Crippen LogP contribution in [0.1, 0.15) is 21.6 Å². The van der Waals surface area contributed by atoms with Gasteiger partial charge in [-0.3, -0.25) is 9.59 Å². The fourth-order valence-corrected chi connectivity index (χ4v) is 3.05. The maximum atomic E-state index is 14.7. The van der Waals surface area contributed by atoms with Crippen LogP contribution in [0.3, 0.4) is 0 Å². The molecule has 0 aliphatic heterocycles. The zero-order valence-corrected chi connectivity index (χ0v) is 15.7. The van der Waals surface area contributed by atoms with Crippen LogP contribution in [0.25, 0.3) is 28.2 Å². The lowest BCUT2D eigenvalue weighted by atomic mass is 10.0. The average molecular weight is 422 g/mol. The molecular formula is C22H13F3N4O2. The predicted molar refractivity (Wildman–Crippen MR) is 107 cm³/mol. The maximum Gasteiger partial charge on any atom is 0.241 e. The second-order valence-corrected chi connectivity index (χ2v) is 6.61. The molecule has 0 aliphatic rings. The highest BCUT2D eigenvalue weighted by molar-refractivity contribution is 6.08. The van der Waals surface area contributed by atoms with E-state index >= 15 is 0 Å². The lowest BCUT2D eigenvalue weighted by Gasteiger charge is -2.07. The summed E-state index contributed by atoms with van der Waals surface area (Å²) in [6.45, 7) is 0. The third kappa shape index (κ3) is 3.93. The summed E-state index contributed by atoms with van der Waals surface area (Å²) in [6.07, 6.45) is 6.48. The Labute approximate surface area is 173 Å². The van der Waals surface area contributed by atoms with Crippen LogP contribution < -0.4 is 5.73 Å². The number of nitrogens with zero attached hydrogens (tertiary/aromatic N) is 2. The molecule has 31 heavy (non-hydrogen) atoms. The summed E-state index contributed by atoms with van der Waals surface area (Å²) >= 11 is 0. The Balaban J connectivity index is 1.69. The SMILES string of the molecule is NC(=O)/C=C/c1c[nH]c2ncc(-c3ccc(C(=O)c4cc(F)c(F)cn4)c(F)c3)cc12. The summed E-state index contributed by atoms with van der Waals surface area (Å²) < 4.78 is 41.1. The topological polar surface area (TPSA) is 102 Å². The number of primary amides is 1. The molecular weight excluding hydrogens is 409 g/mol. The molecule has 4 aromatic rings. The van der Waals surface area contributed by atoms with Gasteiger partial charge < -0.3 is 10.7 Å². The Kier molecular flexibility index (Phi) is 5.08. The largest absolute Gasteiger partial charge is 0.366 e. The van der Waals surface area contributed by atoms with Crippen molar-refractivity contribution in [2.24, 2.45) is 5.73 Å². The first-order valence-electron chi connectivity index (χ1n) is 8.94. The minimum atomic E-state index is -1.25. The van der Waals surface area contributed by atoms with Crippen molar-refractivity contribution in [3.05, 3.63) is 89.3 Å². The lowest BCUT2D eigenvalue weighted by Crippen LogP contribution is -2.08. The maximum absolute atomic E-state index is 14.7. The number of benzene rings is 1. The minimum absolute atomic E-state index is 0.331. The summed E-state index contributed by atoms with van der Waals surface area (Å²) in [4.78, 5) is 34.2. The molecule has 154 valence electrons. The highest BCUT2D eigenvalue weighted by atomic mass is 19.2. The summed E-state index contributed by atoms with van der Waals surface area (Å²) in [5.41, 5.74) is 6.61. The zero-order valence-electron chi connectivity index (χ0n) is 15.7. The van der Waals surface area contributed by atoms with Gasteiger partial charge in [0.2, 0.25) is 11.7 Å². The van der Waals surface area contributed by atoms with Gasteiger partial charge >= 0.3 is 0 Å². The molecule has 1 aromatic carbocycles. The van der Waals surface area contributed by atoms with Crippen LogP contribution in [0.4, 0.5) is 13.2 Å². The van der Waals surface area contributed by atoms with Crippen LogP contribution in [0.2, 0.25) is 0 Å². The Morgan fingerprint density at radius 3 is 2.45 bits per heavy atom. The van der Waals surface area contributed by atoms with Gasteiger partial charge in [-0.05, 0) is 29.8 Å². The van der Waals surface area contributed by atoms with Crippen molar-refractivity contribution in [2.45, 2.75) is 0 Å². The summed E-state index contributed by atoms with van der Waals surface area (Å²) in [5, 5.41) is 0.682. The third-order valence-electron chi connectivity index (χ3n) is 4.58. The van der Waals surface area contributed by atoms with E-state index < -0.39 is 34.8 Å². The van der Waals surface area contributed by atoms with Gasteiger partial charge in [0.05, 0.1) is 11.8 Å². The molecule has 0 saturated carbocycles. The van der Waals surface area contributed by atoms with Gasteiger partial charge in [0.15, 0.2) is 11.6 Å². The second kappa shape index (κ2) is 7.86. The first kappa shape index (κ1) is 20.0. The molecule has 0 unspecified atom stereocenters. The molecule has 0 atom stereocenters. The van der Waals surface area contributed by atoms with Crippen molar-refractivity contribution in [3.8, 4) is 11.1 Å². The Morgan fingerprint density at radius 2 is 1.74 bits per heavy atom. The van der Waals surface area contributed by atoms with Gasteiger partial charge in [0.25, 0.3) is 0 Å². The van der Waals surface area contributed by atoms with Crippen LogP contribution >= 0.6 is 0 Å². The van der Waals surface area contributed by atoms with Crippen molar-refractivity contribution in [2.75, 3.05) is 0 Å².